The zero-order chi connectivity index (χ0) is 14.6. The normalized spacial score (nSPS) is 13.1. The van der Waals surface area contributed by atoms with E-state index in [-0.39, 0.29) is 5.75 Å². The van der Waals surface area contributed by atoms with Gasteiger partial charge in [0.2, 0.25) is 11.6 Å². The molecule has 0 atom stereocenters. The molecule has 0 amide bonds. The molecule has 3 aromatic carbocycles. The van der Waals surface area contributed by atoms with Crippen molar-refractivity contribution in [2.75, 3.05) is 0 Å². The van der Waals surface area contributed by atoms with Gasteiger partial charge in [0.25, 0.3) is 0 Å². The summed E-state index contributed by atoms with van der Waals surface area (Å²) in [6, 6.07) is 15.6. The Hall–Kier alpha value is -2.94. The Morgan fingerprint density at radius 3 is 2.05 bits per heavy atom. The number of carbonyl (C=O) groups excluding carboxylic acids is 2. The van der Waals surface area contributed by atoms with Crippen LogP contribution >= 0.6 is 0 Å². The van der Waals surface area contributed by atoms with Crippen molar-refractivity contribution in [3.8, 4) is 16.9 Å². The lowest BCUT2D eigenvalue weighted by molar-refractivity contribution is 0.0816. The number of hydrogen-bond acceptors (Lipinski definition) is 3. The molecule has 0 saturated heterocycles. The molecule has 100 valence electrons. The molecule has 0 spiro atoms. The first-order valence-corrected chi connectivity index (χ1v) is 6.61. The molecule has 21 heavy (non-hydrogen) atoms. The molecule has 0 bridgehead atoms. The van der Waals surface area contributed by atoms with E-state index in [1.165, 1.54) is 0 Å². The number of ketones is 2. The molecule has 0 fully saturated rings. The molecular weight excluding hydrogens is 264 g/mol. The zero-order valence-corrected chi connectivity index (χ0v) is 11.0. The van der Waals surface area contributed by atoms with E-state index >= 15 is 0 Å². The van der Waals surface area contributed by atoms with Crippen molar-refractivity contribution >= 4 is 22.3 Å². The van der Waals surface area contributed by atoms with Crippen molar-refractivity contribution in [3.05, 3.63) is 65.7 Å². The molecule has 1 aliphatic carbocycles. The highest BCUT2D eigenvalue weighted by Crippen LogP contribution is 2.40. The summed E-state index contributed by atoms with van der Waals surface area (Å²) in [6.45, 7) is 0. The molecule has 1 aliphatic rings. The number of Topliss-reactive ketones (excluding diaryl/α,β-unsaturated/α-hetero) is 2. The molecule has 0 aliphatic heterocycles. The number of aromatic hydroxyl groups is 1. The fraction of sp³-hybridized carbons (Fsp3) is 0. The van der Waals surface area contributed by atoms with Crippen LogP contribution in [0.5, 0.6) is 5.75 Å². The second kappa shape index (κ2) is 4.03. The molecule has 0 heterocycles. The van der Waals surface area contributed by atoms with Gasteiger partial charge >= 0.3 is 0 Å². The van der Waals surface area contributed by atoms with Crippen LogP contribution in [0.2, 0.25) is 0 Å². The average molecular weight is 274 g/mol. The molecule has 0 radical (unpaired) electrons. The third kappa shape index (κ3) is 1.48. The van der Waals surface area contributed by atoms with Gasteiger partial charge in [-0.1, -0.05) is 48.5 Å². The first-order valence-electron chi connectivity index (χ1n) is 6.61. The van der Waals surface area contributed by atoms with E-state index in [1.54, 1.807) is 48.5 Å². The predicted molar refractivity (Wildman–Crippen MR) is 79.7 cm³/mol. The molecule has 0 saturated carbocycles. The van der Waals surface area contributed by atoms with Crippen LogP contribution in [0.25, 0.3) is 21.9 Å². The number of hydrogen-bond donors (Lipinski definition) is 1. The topological polar surface area (TPSA) is 54.4 Å². The Labute approximate surface area is 120 Å². The summed E-state index contributed by atoms with van der Waals surface area (Å²) in [4.78, 5) is 24.8. The van der Waals surface area contributed by atoms with Crippen molar-refractivity contribution in [3.63, 3.8) is 0 Å². The maximum absolute atomic E-state index is 12.5. The van der Waals surface area contributed by atoms with E-state index < -0.39 is 11.6 Å². The van der Waals surface area contributed by atoms with Crippen LogP contribution in [0.4, 0.5) is 0 Å². The second-order valence-corrected chi connectivity index (χ2v) is 5.07. The monoisotopic (exact) mass is 274 g/mol. The third-order valence-electron chi connectivity index (χ3n) is 3.92. The first kappa shape index (κ1) is 11.9. The van der Waals surface area contributed by atoms with Gasteiger partial charge in [-0.2, -0.15) is 0 Å². The molecule has 1 N–H and O–H groups in total. The lowest BCUT2D eigenvalue weighted by atomic mass is 9.81. The lowest BCUT2D eigenvalue weighted by Crippen LogP contribution is -2.21. The maximum Gasteiger partial charge on any atom is 0.234 e. The minimum absolute atomic E-state index is 0.112. The second-order valence-electron chi connectivity index (χ2n) is 5.07. The van der Waals surface area contributed by atoms with E-state index in [4.69, 9.17) is 0 Å². The van der Waals surface area contributed by atoms with Gasteiger partial charge < -0.3 is 5.11 Å². The Morgan fingerprint density at radius 1 is 0.667 bits per heavy atom. The summed E-state index contributed by atoms with van der Waals surface area (Å²) in [5.74, 6) is -0.893. The minimum Gasteiger partial charge on any atom is -0.507 e. The average Bonchev–Trinajstić information content (AvgIpc) is 2.53. The van der Waals surface area contributed by atoms with Crippen molar-refractivity contribution in [1.29, 1.82) is 0 Å². The van der Waals surface area contributed by atoms with Crippen LogP contribution in [-0.4, -0.2) is 16.7 Å². The number of phenols is 1. The largest absolute Gasteiger partial charge is 0.507 e. The van der Waals surface area contributed by atoms with Gasteiger partial charge in [0.1, 0.15) is 5.75 Å². The molecule has 3 aromatic rings. The third-order valence-corrected chi connectivity index (χ3v) is 3.92. The molecule has 4 rings (SSSR count). The van der Waals surface area contributed by atoms with Gasteiger partial charge in [-0.3, -0.25) is 9.59 Å². The van der Waals surface area contributed by atoms with Crippen LogP contribution < -0.4 is 0 Å². The van der Waals surface area contributed by atoms with Crippen molar-refractivity contribution in [2.24, 2.45) is 0 Å². The van der Waals surface area contributed by atoms with E-state index in [9.17, 15) is 14.7 Å². The van der Waals surface area contributed by atoms with Crippen molar-refractivity contribution in [1.82, 2.24) is 0 Å². The number of carbonyl (C=O) groups is 2. The Morgan fingerprint density at radius 2 is 1.29 bits per heavy atom. The van der Waals surface area contributed by atoms with Crippen LogP contribution in [-0.2, 0) is 0 Å². The van der Waals surface area contributed by atoms with Gasteiger partial charge in [0.05, 0.1) is 0 Å². The van der Waals surface area contributed by atoms with Gasteiger partial charge in [-0.15, -0.1) is 0 Å². The number of fused-ring (bicyclic) bond motifs is 5. The van der Waals surface area contributed by atoms with Crippen LogP contribution in [0.3, 0.4) is 0 Å². The summed E-state index contributed by atoms with van der Waals surface area (Å²) in [5, 5.41) is 11.4. The van der Waals surface area contributed by atoms with Gasteiger partial charge in [0, 0.05) is 16.5 Å². The SMILES string of the molecule is O=C1C(=O)c2c(cc(O)c3ccccc23)-c2ccccc21. The van der Waals surface area contributed by atoms with E-state index in [2.05, 4.69) is 0 Å². The van der Waals surface area contributed by atoms with E-state index in [0.29, 0.717) is 33.0 Å². The van der Waals surface area contributed by atoms with Crippen LogP contribution in [0.15, 0.2) is 54.6 Å². The molecule has 0 unspecified atom stereocenters. The number of benzene rings is 3. The predicted octanol–water partition coefficient (Wildman–Crippen LogP) is 3.59. The quantitative estimate of drug-likeness (QED) is 0.637. The molecule has 3 nitrogen and oxygen atoms in total. The Bertz CT molecular complexity index is 938. The van der Waals surface area contributed by atoms with Gasteiger partial charge in [0.15, 0.2) is 0 Å². The van der Waals surface area contributed by atoms with Crippen molar-refractivity contribution in [2.45, 2.75) is 0 Å². The fourth-order valence-corrected chi connectivity index (χ4v) is 2.97. The van der Waals surface area contributed by atoms with E-state index in [0.717, 1.165) is 0 Å². The molecular formula is C18H10O3. The van der Waals surface area contributed by atoms with Crippen LogP contribution in [0, 0.1) is 0 Å². The highest BCUT2D eigenvalue weighted by Gasteiger charge is 2.32. The zero-order valence-electron chi connectivity index (χ0n) is 11.0. The number of rotatable bonds is 0. The molecule has 3 heteroatoms. The summed E-state index contributed by atoms with van der Waals surface area (Å²) < 4.78 is 0. The number of phenolic OH excluding ortho intramolecular Hbond substituents is 1. The van der Waals surface area contributed by atoms with Crippen molar-refractivity contribution < 1.29 is 14.7 Å². The summed E-state index contributed by atoms with van der Waals surface area (Å²) >= 11 is 0. The van der Waals surface area contributed by atoms with Gasteiger partial charge in [-0.05, 0) is 22.6 Å². The Kier molecular flexibility index (Phi) is 2.27. The first-order chi connectivity index (χ1) is 10.2. The summed E-state index contributed by atoms with van der Waals surface area (Å²) in [7, 11) is 0. The maximum atomic E-state index is 12.5. The van der Waals surface area contributed by atoms with Gasteiger partial charge in [-0.25, -0.2) is 0 Å². The highest BCUT2D eigenvalue weighted by molar-refractivity contribution is 6.54. The lowest BCUT2D eigenvalue weighted by Gasteiger charge is -2.20. The summed E-state index contributed by atoms with van der Waals surface area (Å²) in [6.07, 6.45) is 0. The Balaban J connectivity index is 2.23. The standard InChI is InChI=1S/C18H10O3/c19-15-9-14-10-5-1-4-8-13(10)17(20)18(21)16(14)12-7-3-2-6-11(12)15/h1-9,19H. The summed E-state index contributed by atoms with van der Waals surface area (Å²) in [5.41, 5.74) is 2.08. The smallest absolute Gasteiger partial charge is 0.234 e. The molecule has 0 aromatic heterocycles. The minimum atomic E-state index is -0.514. The fourth-order valence-electron chi connectivity index (χ4n) is 2.97. The van der Waals surface area contributed by atoms with Crippen LogP contribution in [0.1, 0.15) is 20.7 Å². The van der Waals surface area contributed by atoms with E-state index in [1.807, 2.05) is 6.07 Å². The highest BCUT2D eigenvalue weighted by atomic mass is 16.3.